The Labute approximate surface area is 176 Å². The lowest BCUT2D eigenvalue weighted by molar-refractivity contribution is -0.904. The SMILES string of the molecule is CCN(C(=S)CCSCCCC(F)(F)F)c1cn(-c2ccc[n+](O)c2)nc1Cl. The fourth-order valence-corrected chi connectivity index (χ4v) is 4.08. The molecule has 2 rings (SSSR count). The molecular weight excluding hydrogens is 433 g/mol. The number of nitrogens with zero attached hydrogens (tertiary/aromatic N) is 4. The Morgan fingerprint density at radius 3 is 2.82 bits per heavy atom. The summed E-state index contributed by atoms with van der Waals surface area (Å²) in [5, 5.41) is 14.1. The average molecular weight is 454 g/mol. The Kier molecular flexibility index (Phi) is 8.38. The fraction of sp³-hybridized carbons (Fsp3) is 0.471. The molecule has 2 heterocycles. The number of hydrogen-bond acceptors (Lipinski definition) is 4. The third kappa shape index (κ3) is 6.82. The highest BCUT2D eigenvalue weighted by Crippen LogP contribution is 2.27. The van der Waals surface area contributed by atoms with E-state index >= 15 is 0 Å². The lowest BCUT2D eigenvalue weighted by atomic mass is 10.3. The van der Waals surface area contributed by atoms with Gasteiger partial charge in [-0.2, -0.15) is 30.0 Å². The molecule has 0 unspecified atom stereocenters. The molecule has 0 aliphatic heterocycles. The number of hydrogen-bond donors (Lipinski definition) is 1. The first kappa shape index (κ1) is 22.8. The maximum Gasteiger partial charge on any atom is 0.389 e. The largest absolute Gasteiger partial charge is 0.389 e. The molecule has 0 saturated heterocycles. The molecule has 0 radical (unpaired) electrons. The molecule has 154 valence electrons. The summed E-state index contributed by atoms with van der Waals surface area (Å²) in [7, 11) is 0. The van der Waals surface area contributed by atoms with Crippen molar-refractivity contribution in [2.75, 3.05) is 23.0 Å². The molecule has 1 N–H and O–H groups in total. The van der Waals surface area contributed by atoms with Crippen molar-refractivity contribution in [3.8, 4) is 5.69 Å². The van der Waals surface area contributed by atoms with Crippen molar-refractivity contribution < 1.29 is 23.1 Å². The van der Waals surface area contributed by atoms with Crippen LogP contribution in [0, 0.1) is 0 Å². The molecule has 0 aliphatic carbocycles. The molecule has 0 saturated carbocycles. The monoisotopic (exact) mass is 453 g/mol. The van der Waals surface area contributed by atoms with E-state index in [9.17, 15) is 18.4 Å². The van der Waals surface area contributed by atoms with Crippen LogP contribution in [0.15, 0.2) is 30.7 Å². The van der Waals surface area contributed by atoms with Crippen LogP contribution in [0.2, 0.25) is 5.15 Å². The Morgan fingerprint density at radius 2 is 2.18 bits per heavy atom. The molecule has 2 aromatic heterocycles. The van der Waals surface area contributed by atoms with Gasteiger partial charge < -0.3 is 4.90 Å². The number of thiocarbonyl (C=S) groups is 1. The van der Waals surface area contributed by atoms with Gasteiger partial charge >= 0.3 is 6.18 Å². The zero-order chi connectivity index (χ0) is 20.7. The third-order valence-electron chi connectivity index (χ3n) is 3.80. The summed E-state index contributed by atoms with van der Waals surface area (Å²) in [6, 6.07) is 3.44. The third-order valence-corrected chi connectivity index (χ3v) is 5.57. The van der Waals surface area contributed by atoms with E-state index in [0.29, 0.717) is 40.8 Å². The first-order valence-corrected chi connectivity index (χ1v) is 10.6. The molecule has 0 spiro atoms. The van der Waals surface area contributed by atoms with Gasteiger partial charge in [0.25, 0.3) is 0 Å². The fourth-order valence-electron chi connectivity index (χ4n) is 2.50. The van der Waals surface area contributed by atoms with Crippen LogP contribution < -0.4 is 9.63 Å². The van der Waals surface area contributed by atoms with Crippen molar-refractivity contribution in [3.05, 3.63) is 35.9 Å². The highest BCUT2D eigenvalue weighted by Gasteiger charge is 2.25. The van der Waals surface area contributed by atoms with Gasteiger partial charge in [0, 0.05) is 30.2 Å². The van der Waals surface area contributed by atoms with Crippen LogP contribution in [0.5, 0.6) is 0 Å². The number of thioether (sulfide) groups is 1. The minimum Gasteiger partial charge on any atom is -0.332 e. The van der Waals surface area contributed by atoms with Crippen molar-refractivity contribution in [2.24, 2.45) is 0 Å². The summed E-state index contributed by atoms with van der Waals surface area (Å²) >= 11 is 13.2. The number of rotatable bonds is 9. The highest BCUT2D eigenvalue weighted by molar-refractivity contribution is 7.99. The predicted molar refractivity (Wildman–Crippen MR) is 109 cm³/mol. The van der Waals surface area contributed by atoms with Crippen LogP contribution in [0.3, 0.4) is 0 Å². The van der Waals surface area contributed by atoms with Crippen molar-refractivity contribution in [1.29, 1.82) is 0 Å². The van der Waals surface area contributed by atoms with E-state index < -0.39 is 12.6 Å². The van der Waals surface area contributed by atoms with Gasteiger partial charge in [-0.1, -0.05) is 23.8 Å². The van der Waals surface area contributed by atoms with Gasteiger partial charge in [0.15, 0.2) is 5.15 Å². The zero-order valence-electron chi connectivity index (χ0n) is 15.2. The number of alkyl halides is 3. The number of aromatic nitrogens is 3. The molecular formula is C17H21ClF3N4OS2+. The highest BCUT2D eigenvalue weighted by atomic mass is 35.5. The van der Waals surface area contributed by atoms with E-state index in [1.54, 1.807) is 23.0 Å². The van der Waals surface area contributed by atoms with Gasteiger partial charge in [0.1, 0.15) is 5.69 Å². The first-order chi connectivity index (χ1) is 13.2. The van der Waals surface area contributed by atoms with E-state index in [1.165, 1.54) is 24.2 Å². The van der Waals surface area contributed by atoms with Crippen molar-refractivity contribution in [3.63, 3.8) is 0 Å². The molecule has 11 heteroatoms. The summed E-state index contributed by atoms with van der Waals surface area (Å²) in [5.74, 6) is 1.09. The maximum atomic E-state index is 12.1. The van der Waals surface area contributed by atoms with Crippen LogP contribution in [-0.4, -0.2) is 44.2 Å². The summed E-state index contributed by atoms with van der Waals surface area (Å²) in [6.07, 6.45) is 0.508. The Bertz CT molecular complexity index is 801. The maximum absolute atomic E-state index is 12.1. The molecule has 28 heavy (non-hydrogen) atoms. The van der Waals surface area contributed by atoms with Crippen LogP contribution in [0.4, 0.5) is 18.9 Å². The average Bonchev–Trinajstić information content (AvgIpc) is 2.99. The van der Waals surface area contributed by atoms with Gasteiger partial charge in [-0.05, 0) is 30.9 Å². The van der Waals surface area contributed by atoms with E-state index in [0.717, 1.165) is 4.73 Å². The topological polar surface area (TPSA) is 45.2 Å². The van der Waals surface area contributed by atoms with Gasteiger partial charge in [0.2, 0.25) is 12.4 Å². The predicted octanol–water partition coefficient (Wildman–Crippen LogP) is 4.67. The molecule has 0 aromatic carbocycles. The summed E-state index contributed by atoms with van der Waals surface area (Å²) in [5.41, 5.74) is 1.27. The summed E-state index contributed by atoms with van der Waals surface area (Å²) in [4.78, 5) is 2.51. The smallest absolute Gasteiger partial charge is 0.332 e. The quantitative estimate of drug-likeness (QED) is 0.259. The second-order valence-electron chi connectivity index (χ2n) is 5.91. The van der Waals surface area contributed by atoms with Gasteiger partial charge in [0.05, 0.1) is 16.9 Å². The second-order valence-corrected chi connectivity index (χ2v) is 7.96. The van der Waals surface area contributed by atoms with Crippen LogP contribution in [-0.2, 0) is 0 Å². The van der Waals surface area contributed by atoms with Gasteiger partial charge in [-0.15, -0.1) is 0 Å². The van der Waals surface area contributed by atoms with Crippen LogP contribution >= 0.6 is 35.6 Å². The first-order valence-electron chi connectivity index (χ1n) is 8.62. The standard InChI is InChI=1S/C17H21ClF3N4OS2/c1-2-24(15(27)6-10-28-9-4-7-17(19,20)21)14-12-25(22-16(14)18)13-5-3-8-23(26)11-13/h3,5,8,11-12,26H,2,4,6-7,9-10H2,1H3/q+1. The van der Waals surface area contributed by atoms with Crippen LogP contribution in [0.1, 0.15) is 26.2 Å². The summed E-state index contributed by atoms with van der Waals surface area (Å²) < 4.78 is 38.9. The zero-order valence-corrected chi connectivity index (χ0v) is 17.6. The van der Waals surface area contributed by atoms with E-state index in [1.807, 2.05) is 11.8 Å². The number of anilines is 1. The normalized spacial score (nSPS) is 11.6. The van der Waals surface area contributed by atoms with Crippen molar-refractivity contribution in [2.45, 2.75) is 32.4 Å². The molecule has 0 amide bonds. The van der Waals surface area contributed by atoms with Crippen molar-refractivity contribution in [1.82, 2.24) is 9.78 Å². The van der Waals surface area contributed by atoms with Gasteiger partial charge in [-0.3, -0.25) is 5.21 Å². The summed E-state index contributed by atoms with van der Waals surface area (Å²) in [6.45, 7) is 2.51. The van der Waals surface area contributed by atoms with E-state index in [4.69, 9.17) is 23.8 Å². The molecule has 2 aromatic rings. The molecule has 5 nitrogen and oxygen atoms in total. The number of pyridine rings is 1. The Morgan fingerprint density at radius 1 is 1.43 bits per heavy atom. The van der Waals surface area contributed by atoms with Crippen LogP contribution in [0.25, 0.3) is 5.69 Å². The van der Waals surface area contributed by atoms with E-state index in [-0.39, 0.29) is 11.6 Å². The molecule has 0 aliphatic rings. The lowest BCUT2D eigenvalue weighted by Crippen LogP contribution is -2.29. The Hall–Kier alpha value is -1.52. The van der Waals surface area contributed by atoms with Crippen molar-refractivity contribution >= 4 is 46.3 Å². The van der Waals surface area contributed by atoms with E-state index in [2.05, 4.69) is 5.10 Å². The lowest BCUT2D eigenvalue weighted by Gasteiger charge is -2.22. The van der Waals surface area contributed by atoms with Gasteiger partial charge in [-0.25, -0.2) is 4.68 Å². The Balaban J connectivity index is 1.94. The second kappa shape index (κ2) is 10.3. The minimum atomic E-state index is -4.10. The molecule has 0 fully saturated rings. The molecule has 0 atom stereocenters. The number of halogens is 4. The molecule has 0 bridgehead atoms. The minimum absolute atomic E-state index is 0.110.